The third-order valence-electron chi connectivity index (χ3n) is 4.44. The Balaban J connectivity index is 1.88. The molecule has 1 saturated heterocycles. The maximum absolute atomic E-state index is 12.3. The van der Waals surface area contributed by atoms with Crippen molar-refractivity contribution < 1.29 is 9.90 Å². The molecule has 104 valence electrons. The van der Waals surface area contributed by atoms with Gasteiger partial charge in [-0.05, 0) is 44.4 Å². The molecule has 1 aliphatic heterocycles. The van der Waals surface area contributed by atoms with Crippen LogP contribution in [0.4, 0.5) is 0 Å². The molecule has 0 radical (unpaired) electrons. The van der Waals surface area contributed by atoms with Crippen LogP contribution in [0.1, 0.15) is 26.2 Å². The molecule has 2 fully saturated rings. The first-order chi connectivity index (χ1) is 8.67. The number of amides is 1. The van der Waals surface area contributed by atoms with Crippen LogP contribution in [0.3, 0.4) is 0 Å². The number of hydrogen-bond donors (Lipinski definition) is 3. The van der Waals surface area contributed by atoms with Crippen LogP contribution in [0.25, 0.3) is 0 Å². The zero-order valence-corrected chi connectivity index (χ0v) is 12.0. The molecule has 0 aromatic rings. The number of hydrogen-bond acceptors (Lipinski definition) is 4. The Morgan fingerprint density at radius 1 is 1.56 bits per heavy atom. The lowest BCUT2D eigenvalue weighted by Crippen LogP contribution is -2.50. The van der Waals surface area contributed by atoms with Crippen LogP contribution in [-0.4, -0.2) is 47.8 Å². The van der Waals surface area contributed by atoms with Gasteiger partial charge in [0, 0.05) is 11.3 Å². The minimum Gasteiger partial charge on any atom is -0.395 e. The topological polar surface area (TPSA) is 61.4 Å². The summed E-state index contributed by atoms with van der Waals surface area (Å²) in [7, 11) is 0. The second kappa shape index (κ2) is 6.26. The third-order valence-corrected chi connectivity index (χ3v) is 5.60. The molecule has 1 amide bonds. The summed E-state index contributed by atoms with van der Waals surface area (Å²) in [6.07, 6.45) is 5.67. The van der Waals surface area contributed by atoms with Crippen LogP contribution in [0.2, 0.25) is 0 Å². The van der Waals surface area contributed by atoms with Gasteiger partial charge < -0.3 is 15.7 Å². The van der Waals surface area contributed by atoms with Gasteiger partial charge in [-0.3, -0.25) is 4.79 Å². The van der Waals surface area contributed by atoms with Crippen molar-refractivity contribution in [2.24, 2.45) is 11.8 Å². The minimum atomic E-state index is -0.0128. The number of fused-ring (bicyclic) bond motifs is 1. The Bertz CT molecular complexity index is 297. The summed E-state index contributed by atoms with van der Waals surface area (Å²) in [5, 5.41) is 15.7. The average Bonchev–Trinajstić information content (AvgIpc) is 2.91. The number of carbonyl (C=O) groups excluding carboxylic acids is 1. The first-order valence-corrected chi connectivity index (χ1v) is 8.13. The molecule has 1 aliphatic carbocycles. The van der Waals surface area contributed by atoms with E-state index in [4.69, 9.17) is 0 Å². The summed E-state index contributed by atoms with van der Waals surface area (Å²) in [5.74, 6) is 1.34. The summed E-state index contributed by atoms with van der Waals surface area (Å²) in [6, 6.07) is 0.000835. The van der Waals surface area contributed by atoms with E-state index in [1.807, 2.05) is 13.2 Å². The molecule has 5 atom stereocenters. The van der Waals surface area contributed by atoms with E-state index in [1.54, 1.807) is 11.8 Å². The van der Waals surface area contributed by atoms with Gasteiger partial charge in [0.1, 0.15) is 0 Å². The van der Waals surface area contributed by atoms with Crippen LogP contribution < -0.4 is 10.6 Å². The van der Waals surface area contributed by atoms with Crippen LogP contribution >= 0.6 is 11.8 Å². The van der Waals surface area contributed by atoms with Gasteiger partial charge in [-0.25, -0.2) is 0 Å². The quantitative estimate of drug-likeness (QED) is 0.686. The van der Waals surface area contributed by atoms with Gasteiger partial charge in [0.05, 0.1) is 12.6 Å². The molecular formula is C13H24N2O2S. The Labute approximate surface area is 113 Å². The Morgan fingerprint density at radius 3 is 3.00 bits per heavy atom. The molecule has 5 heteroatoms. The molecular weight excluding hydrogens is 248 g/mol. The van der Waals surface area contributed by atoms with Crippen LogP contribution in [0.5, 0.6) is 0 Å². The molecule has 2 rings (SSSR count). The van der Waals surface area contributed by atoms with Crippen molar-refractivity contribution >= 4 is 17.7 Å². The molecule has 1 heterocycles. The molecule has 4 nitrogen and oxygen atoms in total. The molecule has 1 saturated carbocycles. The highest BCUT2D eigenvalue weighted by Gasteiger charge is 2.42. The molecule has 0 aromatic heterocycles. The van der Waals surface area contributed by atoms with E-state index >= 15 is 0 Å². The average molecular weight is 272 g/mol. The fraction of sp³-hybridized carbons (Fsp3) is 0.923. The molecule has 0 bridgehead atoms. The van der Waals surface area contributed by atoms with Crippen molar-refractivity contribution in [3.63, 3.8) is 0 Å². The Hall–Kier alpha value is -0.260. The van der Waals surface area contributed by atoms with Gasteiger partial charge in [-0.1, -0.05) is 6.42 Å². The fourth-order valence-corrected chi connectivity index (χ4v) is 3.94. The predicted octanol–water partition coefficient (Wildman–Crippen LogP) is 0.603. The van der Waals surface area contributed by atoms with Crippen molar-refractivity contribution in [1.82, 2.24) is 10.6 Å². The normalized spacial score (nSPS) is 34.1. The second-order valence-corrected chi connectivity index (χ2v) is 6.57. The van der Waals surface area contributed by atoms with Gasteiger partial charge in [0.25, 0.3) is 0 Å². The minimum absolute atomic E-state index is 0.0128. The van der Waals surface area contributed by atoms with Gasteiger partial charge >= 0.3 is 0 Å². The Morgan fingerprint density at radius 2 is 2.33 bits per heavy atom. The number of aliphatic hydroxyl groups excluding tert-OH is 1. The van der Waals surface area contributed by atoms with Crippen LogP contribution in [0, 0.1) is 11.8 Å². The first kappa shape index (κ1) is 14.2. The summed E-state index contributed by atoms with van der Waals surface area (Å²) in [5.41, 5.74) is 0. The lowest BCUT2D eigenvalue weighted by atomic mass is 9.93. The van der Waals surface area contributed by atoms with Crippen molar-refractivity contribution in [2.75, 3.05) is 19.4 Å². The number of rotatable bonds is 5. The van der Waals surface area contributed by atoms with Gasteiger partial charge in [0.15, 0.2) is 0 Å². The summed E-state index contributed by atoms with van der Waals surface area (Å²) in [6.45, 7) is 3.06. The maximum atomic E-state index is 12.3. The van der Waals surface area contributed by atoms with Gasteiger partial charge in [-0.2, -0.15) is 11.8 Å². The van der Waals surface area contributed by atoms with E-state index < -0.39 is 0 Å². The molecule has 18 heavy (non-hydrogen) atoms. The van der Waals surface area contributed by atoms with Gasteiger partial charge in [-0.15, -0.1) is 0 Å². The molecule has 0 spiro atoms. The standard InChI is InChI=1S/C13H24N2O2S/c1-8(11(7-16)18-2)15-13(17)12-10-5-3-4-9(10)6-14-12/h8-12,14,16H,3-7H2,1-2H3,(H,15,17). The van der Waals surface area contributed by atoms with Crippen molar-refractivity contribution in [2.45, 2.75) is 43.5 Å². The van der Waals surface area contributed by atoms with E-state index in [1.165, 1.54) is 19.3 Å². The zero-order valence-electron chi connectivity index (χ0n) is 11.2. The molecule has 0 aromatic carbocycles. The largest absolute Gasteiger partial charge is 0.395 e. The van der Waals surface area contributed by atoms with E-state index in [2.05, 4.69) is 10.6 Å². The number of carbonyl (C=O) groups is 1. The molecule has 3 N–H and O–H groups in total. The number of thioether (sulfide) groups is 1. The maximum Gasteiger partial charge on any atom is 0.237 e. The van der Waals surface area contributed by atoms with Crippen molar-refractivity contribution in [1.29, 1.82) is 0 Å². The van der Waals surface area contributed by atoms with Crippen molar-refractivity contribution in [3.05, 3.63) is 0 Å². The monoisotopic (exact) mass is 272 g/mol. The van der Waals surface area contributed by atoms with Crippen molar-refractivity contribution in [3.8, 4) is 0 Å². The molecule has 2 aliphatic rings. The predicted molar refractivity (Wildman–Crippen MR) is 74.6 cm³/mol. The van der Waals surface area contributed by atoms with E-state index in [0.717, 1.165) is 6.54 Å². The second-order valence-electron chi connectivity index (χ2n) is 5.49. The summed E-state index contributed by atoms with van der Waals surface area (Å²) in [4.78, 5) is 12.3. The summed E-state index contributed by atoms with van der Waals surface area (Å²) < 4.78 is 0. The third kappa shape index (κ3) is 2.83. The SMILES string of the molecule is CSC(CO)C(C)NC(=O)C1NCC2CCCC21. The highest BCUT2D eigenvalue weighted by atomic mass is 32.2. The van der Waals surface area contributed by atoms with E-state index in [0.29, 0.717) is 11.8 Å². The Kier molecular flexibility index (Phi) is 4.92. The van der Waals surface area contributed by atoms with Crippen LogP contribution in [-0.2, 0) is 4.79 Å². The number of aliphatic hydroxyl groups is 1. The van der Waals surface area contributed by atoms with Gasteiger partial charge in [0.2, 0.25) is 5.91 Å². The highest BCUT2D eigenvalue weighted by Crippen LogP contribution is 2.37. The lowest BCUT2D eigenvalue weighted by molar-refractivity contribution is -0.124. The van der Waals surface area contributed by atoms with E-state index in [-0.39, 0.29) is 29.8 Å². The van der Waals surface area contributed by atoms with Crippen LogP contribution in [0.15, 0.2) is 0 Å². The first-order valence-electron chi connectivity index (χ1n) is 6.84. The van der Waals surface area contributed by atoms with E-state index in [9.17, 15) is 9.90 Å². The fourth-order valence-electron chi connectivity index (χ4n) is 3.32. The lowest BCUT2D eigenvalue weighted by Gasteiger charge is -2.25. The zero-order chi connectivity index (χ0) is 13.1. The molecule has 5 unspecified atom stereocenters. The highest BCUT2D eigenvalue weighted by molar-refractivity contribution is 7.99. The summed E-state index contributed by atoms with van der Waals surface area (Å²) >= 11 is 1.60. The smallest absolute Gasteiger partial charge is 0.237 e. The number of nitrogens with one attached hydrogen (secondary N) is 2.